The minimum absolute atomic E-state index is 0.106. The van der Waals surface area contributed by atoms with Gasteiger partial charge in [-0.2, -0.15) is 0 Å². The number of ether oxygens (including phenoxy) is 4. The highest BCUT2D eigenvalue weighted by molar-refractivity contribution is 6.29. The summed E-state index contributed by atoms with van der Waals surface area (Å²) in [6.07, 6.45) is -0.563. The number of halogens is 1. The summed E-state index contributed by atoms with van der Waals surface area (Å²) < 4.78 is 23.1. The molecule has 26 heavy (non-hydrogen) atoms. The minimum Gasteiger partial charge on any atom is -0.491 e. The Hall–Kier alpha value is -1.70. The number of pyridine rings is 1. The summed E-state index contributed by atoms with van der Waals surface area (Å²) in [6.45, 7) is 7.39. The van der Waals surface area contributed by atoms with Crippen molar-refractivity contribution in [3.05, 3.63) is 48.1 Å². The van der Waals surface area contributed by atoms with Gasteiger partial charge in [0, 0.05) is 11.5 Å². The first kappa shape index (κ1) is 17.7. The molecule has 1 aromatic heterocycles. The third kappa shape index (κ3) is 2.98. The van der Waals surface area contributed by atoms with Crippen molar-refractivity contribution in [2.45, 2.75) is 43.7 Å². The zero-order valence-corrected chi connectivity index (χ0v) is 15.3. The number of nitrogens with zero attached hydrogens (tertiary/aromatic N) is 1. The van der Waals surface area contributed by atoms with E-state index in [1.54, 1.807) is 26.0 Å². The standard InChI is InChI=1S/C19H20ClNO5/c1-4-19(22)14(24-17-16(19)25-18(2,3)26-17)10-23-12-7-5-11-6-8-15(20)21-13(11)9-12/h4-9,14,16-17,22H,1,10H2,2-3H3. The summed E-state index contributed by atoms with van der Waals surface area (Å²) in [4.78, 5) is 4.27. The van der Waals surface area contributed by atoms with Crippen molar-refractivity contribution in [1.82, 2.24) is 4.98 Å². The van der Waals surface area contributed by atoms with Crippen molar-refractivity contribution >= 4 is 22.5 Å². The molecule has 2 aliphatic heterocycles. The Labute approximate surface area is 156 Å². The average molecular weight is 378 g/mol. The summed E-state index contributed by atoms with van der Waals surface area (Å²) in [5.41, 5.74) is -0.678. The van der Waals surface area contributed by atoms with Gasteiger partial charge < -0.3 is 24.1 Å². The molecule has 6 nitrogen and oxygen atoms in total. The van der Waals surface area contributed by atoms with Crippen LogP contribution in [-0.4, -0.2) is 46.6 Å². The SMILES string of the molecule is C=CC1(O)C(COc2ccc3ccc(Cl)nc3c2)OC2OC(C)(C)OC21. The topological polar surface area (TPSA) is 70.0 Å². The third-order valence-electron chi connectivity index (χ3n) is 4.69. The number of hydrogen-bond donors (Lipinski definition) is 1. The molecule has 4 rings (SSSR count). The van der Waals surface area contributed by atoms with Gasteiger partial charge in [0.2, 0.25) is 0 Å². The molecule has 3 heterocycles. The molecule has 138 valence electrons. The van der Waals surface area contributed by atoms with Crippen LogP contribution in [0.1, 0.15) is 13.8 Å². The second-order valence-electron chi connectivity index (χ2n) is 6.94. The van der Waals surface area contributed by atoms with Crippen molar-refractivity contribution < 1.29 is 24.1 Å². The first-order chi connectivity index (χ1) is 12.3. The molecule has 2 aliphatic rings. The van der Waals surface area contributed by atoms with Gasteiger partial charge in [0.1, 0.15) is 35.3 Å². The lowest BCUT2D eigenvalue weighted by Gasteiger charge is -2.30. The highest BCUT2D eigenvalue weighted by atomic mass is 35.5. The van der Waals surface area contributed by atoms with E-state index in [1.807, 2.05) is 18.2 Å². The molecular weight excluding hydrogens is 358 g/mol. The molecule has 0 radical (unpaired) electrons. The van der Waals surface area contributed by atoms with E-state index in [4.69, 9.17) is 30.5 Å². The van der Waals surface area contributed by atoms with Gasteiger partial charge in [-0.05, 0) is 38.1 Å². The molecule has 1 aromatic carbocycles. The van der Waals surface area contributed by atoms with E-state index in [1.165, 1.54) is 6.08 Å². The van der Waals surface area contributed by atoms with Gasteiger partial charge in [-0.25, -0.2) is 4.98 Å². The monoisotopic (exact) mass is 377 g/mol. The van der Waals surface area contributed by atoms with Gasteiger partial charge in [-0.3, -0.25) is 0 Å². The van der Waals surface area contributed by atoms with Crippen LogP contribution < -0.4 is 4.74 Å². The lowest BCUT2D eigenvalue weighted by molar-refractivity contribution is -0.226. The van der Waals surface area contributed by atoms with Crippen LogP contribution in [0.15, 0.2) is 43.0 Å². The highest BCUT2D eigenvalue weighted by Gasteiger charge is 2.62. The van der Waals surface area contributed by atoms with Crippen molar-refractivity contribution in [3.8, 4) is 5.75 Å². The fourth-order valence-corrected chi connectivity index (χ4v) is 3.50. The number of aliphatic hydroxyl groups is 1. The molecule has 2 saturated heterocycles. The van der Waals surface area contributed by atoms with E-state index in [0.29, 0.717) is 10.9 Å². The molecular formula is C19H20ClNO5. The Morgan fingerprint density at radius 3 is 2.85 bits per heavy atom. The van der Waals surface area contributed by atoms with Crippen LogP contribution in [0.5, 0.6) is 5.75 Å². The molecule has 2 fully saturated rings. The molecule has 4 unspecified atom stereocenters. The molecule has 4 atom stereocenters. The Bertz CT molecular complexity index is 857. The molecule has 7 heteroatoms. The third-order valence-corrected chi connectivity index (χ3v) is 4.90. The zero-order chi connectivity index (χ0) is 18.5. The molecule has 0 spiro atoms. The molecule has 0 amide bonds. The summed E-state index contributed by atoms with van der Waals surface area (Å²) in [5, 5.41) is 12.4. The summed E-state index contributed by atoms with van der Waals surface area (Å²) in [7, 11) is 0. The smallest absolute Gasteiger partial charge is 0.191 e. The van der Waals surface area contributed by atoms with Crippen LogP contribution in [0.2, 0.25) is 5.15 Å². The number of hydrogen-bond acceptors (Lipinski definition) is 6. The van der Waals surface area contributed by atoms with Gasteiger partial charge >= 0.3 is 0 Å². The zero-order valence-electron chi connectivity index (χ0n) is 14.5. The van der Waals surface area contributed by atoms with Crippen LogP contribution in [0.25, 0.3) is 10.9 Å². The summed E-state index contributed by atoms with van der Waals surface area (Å²) in [6, 6.07) is 9.15. The number of fused-ring (bicyclic) bond motifs is 2. The van der Waals surface area contributed by atoms with Gasteiger partial charge in [-0.1, -0.05) is 17.7 Å². The Balaban J connectivity index is 1.50. The number of rotatable bonds is 4. The highest BCUT2D eigenvalue weighted by Crippen LogP contribution is 2.43. The maximum absolute atomic E-state index is 11.0. The van der Waals surface area contributed by atoms with Crippen molar-refractivity contribution in [2.75, 3.05) is 6.61 Å². The lowest BCUT2D eigenvalue weighted by Crippen LogP contribution is -2.49. The van der Waals surface area contributed by atoms with Crippen molar-refractivity contribution in [2.24, 2.45) is 0 Å². The Morgan fingerprint density at radius 1 is 1.31 bits per heavy atom. The number of benzene rings is 1. The van der Waals surface area contributed by atoms with Crippen molar-refractivity contribution in [1.29, 1.82) is 0 Å². The summed E-state index contributed by atoms with van der Waals surface area (Å²) in [5.74, 6) is -0.219. The molecule has 0 bridgehead atoms. The molecule has 2 aromatic rings. The predicted octanol–water partition coefficient (Wildman–Crippen LogP) is 3.06. The van der Waals surface area contributed by atoms with Crippen LogP contribution in [0.3, 0.4) is 0 Å². The van der Waals surface area contributed by atoms with E-state index >= 15 is 0 Å². The average Bonchev–Trinajstić information content (AvgIpc) is 3.04. The number of aromatic nitrogens is 1. The quantitative estimate of drug-likeness (QED) is 0.652. The van der Waals surface area contributed by atoms with E-state index in [2.05, 4.69) is 11.6 Å². The maximum atomic E-state index is 11.0. The van der Waals surface area contributed by atoms with E-state index in [9.17, 15) is 5.11 Å². The fraction of sp³-hybridized carbons (Fsp3) is 0.421. The molecule has 0 saturated carbocycles. The maximum Gasteiger partial charge on any atom is 0.191 e. The normalized spacial score (nSPS) is 32.5. The van der Waals surface area contributed by atoms with Gasteiger partial charge in [-0.15, -0.1) is 6.58 Å². The van der Waals surface area contributed by atoms with Crippen molar-refractivity contribution in [3.63, 3.8) is 0 Å². The van der Waals surface area contributed by atoms with Crippen LogP contribution in [0.4, 0.5) is 0 Å². The van der Waals surface area contributed by atoms with Crippen LogP contribution >= 0.6 is 11.6 Å². The minimum atomic E-state index is -1.41. The van der Waals surface area contributed by atoms with Gasteiger partial charge in [0.05, 0.1) is 5.52 Å². The van der Waals surface area contributed by atoms with E-state index in [0.717, 1.165) is 10.9 Å². The van der Waals surface area contributed by atoms with E-state index < -0.39 is 29.9 Å². The van der Waals surface area contributed by atoms with Gasteiger partial charge in [0.25, 0.3) is 0 Å². The second kappa shape index (κ2) is 6.18. The lowest BCUT2D eigenvalue weighted by atomic mass is 9.93. The first-order valence-corrected chi connectivity index (χ1v) is 8.75. The second-order valence-corrected chi connectivity index (χ2v) is 7.33. The van der Waals surface area contributed by atoms with E-state index in [-0.39, 0.29) is 6.61 Å². The Morgan fingerprint density at radius 2 is 2.08 bits per heavy atom. The fourth-order valence-electron chi connectivity index (χ4n) is 3.35. The van der Waals surface area contributed by atoms with Crippen LogP contribution in [0, 0.1) is 0 Å². The van der Waals surface area contributed by atoms with Crippen LogP contribution in [-0.2, 0) is 14.2 Å². The molecule has 1 N–H and O–H groups in total. The van der Waals surface area contributed by atoms with Gasteiger partial charge in [0.15, 0.2) is 12.1 Å². The molecule has 0 aliphatic carbocycles. The summed E-state index contributed by atoms with van der Waals surface area (Å²) >= 11 is 5.94. The predicted molar refractivity (Wildman–Crippen MR) is 96.1 cm³/mol. The first-order valence-electron chi connectivity index (χ1n) is 8.37. The largest absolute Gasteiger partial charge is 0.491 e. The Kier molecular flexibility index (Phi) is 4.21.